The summed E-state index contributed by atoms with van der Waals surface area (Å²) in [6.07, 6.45) is 3.82. The molecular weight excluding hydrogens is 258 g/mol. The molecule has 0 bridgehead atoms. The van der Waals surface area contributed by atoms with E-state index >= 15 is 0 Å². The van der Waals surface area contributed by atoms with Gasteiger partial charge in [0, 0.05) is 19.6 Å². The zero-order valence-electron chi connectivity index (χ0n) is 11.6. The van der Waals surface area contributed by atoms with Crippen LogP contribution in [0, 0.1) is 0 Å². The number of nitrogens with one attached hydrogen (secondary N) is 1. The van der Waals surface area contributed by atoms with Crippen LogP contribution in [-0.2, 0) is 11.2 Å². The van der Waals surface area contributed by atoms with Crippen LogP contribution in [-0.4, -0.2) is 31.0 Å². The van der Waals surface area contributed by atoms with Crippen LogP contribution in [0.25, 0.3) is 0 Å². The molecule has 0 unspecified atom stereocenters. The molecule has 1 aromatic carbocycles. The number of rotatable bonds is 8. The summed E-state index contributed by atoms with van der Waals surface area (Å²) in [5.41, 5.74) is 1.07. The fourth-order valence-electron chi connectivity index (χ4n) is 2.08. The summed E-state index contributed by atoms with van der Waals surface area (Å²) < 4.78 is 10.6. The van der Waals surface area contributed by atoms with Crippen LogP contribution < -0.4 is 14.8 Å². The van der Waals surface area contributed by atoms with Crippen molar-refractivity contribution < 1.29 is 19.4 Å². The fourth-order valence-corrected chi connectivity index (χ4v) is 2.08. The van der Waals surface area contributed by atoms with E-state index in [0.717, 1.165) is 36.3 Å². The summed E-state index contributed by atoms with van der Waals surface area (Å²) >= 11 is 0. The van der Waals surface area contributed by atoms with Gasteiger partial charge in [0.15, 0.2) is 11.5 Å². The van der Waals surface area contributed by atoms with Gasteiger partial charge in [-0.3, -0.25) is 4.79 Å². The van der Waals surface area contributed by atoms with Crippen LogP contribution in [0.3, 0.4) is 0 Å². The zero-order valence-corrected chi connectivity index (χ0v) is 11.6. The highest BCUT2D eigenvalue weighted by Gasteiger charge is 2.13. The van der Waals surface area contributed by atoms with Gasteiger partial charge in [-0.05, 0) is 43.4 Å². The SMILES string of the molecule is O=C(CCc1ccc2c(c1)OCO2)NCCCCCO. The van der Waals surface area contributed by atoms with E-state index in [1.165, 1.54) is 0 Å². The van der Waals surface area contributed by atoms with Crippen molar-refractivity contribution in [2.24, 2.45) is 0 Å². The smallest absolute Gasteiger partial charge is 0.231 e. The molecular formula is C15H21NO4. The molecule has 1 aliphatic rings. The predicted octanol–water partition coefficient (Wildman–Crippen LogP) is 1.63. The fraction of sp³-hybridized carbons (Fsp3) is 0.533. The zero-order chi connectivity index (χ0) is 14.2. The van der Waals surface area contributed by atoms with Gasteiger partial charge in [-0.25, -0.2) is 0 Å². The van der Waals surface area contributed by atoms with Crippen LogP contribution in [0.4, 0.5) is 0 Å². The Bertz CT molecular complexity index is 447. The lowest BCUT2D eigenvalue weighted by atomic mass is 10.1. The second-order valence-electron chi connectivity index (χ2n) is 4.82. The molecule has 0 spiro atoms. The van der Waals surface area contributed by atoms with Gasteiger partial charge in [0.05, 0.1) is 0 Å². The first-order valence-corrected chi connectivity index (χ1v) is 7.05. The number of aliphatic hydroxyl groups is 1. The first kappa shape index (κ1) is 14.7. The van der Waals surface area contributed by atoms with Gasteiger partial charge in [-0.1, -0.05) is 6.07 Å². The number of benzene rings is 1. The summed E-state index contributed by atoms with van der Waals surface area (Å²) in [7, 11) is 0. The molecule has 0 aromatic heterocycles. The lowest BCUT2D eigenvalue weighted by molar-refractivity contribution is -0.121. The molecule has 1 heterocycles. The van der Waals surface area contributed by atoms with E-state index in [0.29, 0.717) is 19.4 Å². The van der Waals surface area contributed by atoms with Gasteiger partial charge in [0.2, 0.25) is 12.7 Å². The topological polar surface area (TPSA) is 67.8 Å². The number of aliphatic hydroxyl groups excluding tert-OH is 1. The Morgan fingerprint density at radius 3 is 2.90 bits per heavy atom. The first-order chi connectivity index (χ1) is 9.79. The molecule has 0 saturated heterocycles. The molecule has 1 aromatic rings. The van der Waals surface area contributed by atoms with Crippen molar-refractivity contribution in [3.63, 3.8) is 0 Å². The van der Waals surface area contributed by atoms with E-state index in [2.05, 4.69) is 5.32 Å². The highest BCUT2D eigenvalue weighted by Crippen LogP contribution is 2.32. The molecule has 20 heavy (non-hydrogen) atoms. The summed E-state index contributed by atoms with van der Waals surface area (Å²) in [6, 6.07) is 5.77. The van der Waals surface area contributed by atoms with Crippen molar-refractivity contribution in [3.8, 4) is 11.5 Å². The molecule has 0 aliphatic carbocycles. The van der Waals surface area contributed by atoms with Crippen LogP contribution in [0.2, 0.25) is 0 Å². The standard InChI is InChI=1S/C15H21NO4/c17-9-3-1-2-8-16-15(18)7-5-12-4-6-13-14(10-12)20-11-19-13/h4,6,10,17H,1-3,5,7-9,11H2,(H,16,18). The van der Waals surface area contributed by atoms with Crippen molar-refractivity contribution in [3.05, 3.63) is 23.8 Å². The van der Waals surface area contributed by atoms with Gasteiger partial charge < -0.3 is 19.9 Å². The van der Waals surface area contributed by atoms with E-state index in [1.54, 1.807) is 0 Å². The van der Waals surface area contributed by atoms with Gasteiger partial charge in [-0.15, -0.1) is 0 Å². The third-order valence-corrected chi connectivity index (χ3v) is 3.23. The molecule has 1 aliphatic heterocycles. The van der Waals surface area contributed by atoms with E-state index in [-0.39, 0.29) is 19.3 Å². The second-order valence-corrected chi connectivity index (χ2v) is 4.82. The number of fused-ring (bicyclic) bond motifs is 1. The number of hydrogen-bond donors (Lipinski definition) is 2. The molecule has 0 fully saturated rings. The molecule has 2 N–H and O–H groups in total. The minimum Gasteiger partial charge on any atom is -0.454 e. The number of carbonyl (C=O) groups excluding carboxylic acids is 1. The quantitative estimate of drug-likeness (QED) is 0.710. The van der Waals surface area contributed by atoms with E-state index in [9.17, 15) is 4.79 Å². The largest absolute Gasteiger partial charge is 0.454 e. The van der Waals surface area contributed by atoms with Crippen molar-refractivity contribution in [2.75, 3.05) is 19.9 Å². The number of unbranched alkanes of at least 4 members (excludes halogenated alkanes) is 2. The number of carbonyl (C=O) groups is 1. The molecule has 0 radical (unpaired) electrons. The first-order valence-electron chi connectivity index (χ1n) is 7.05. The number of aryl methyl sites for hydroxylation is 1. The molecule has 0 atom stereocenters. The third kappa shape index (κ3) is 4.42. The maximum Gasteiger partial charge on any atom is 0.231 e. The Hall–Kier alpha value is -1.75. The lowest BCUT2D eigenvalue weighted by Gasteiger charge is -2.05. The average molecular weight is 279 g/mol. The summed E-state index contributed by atoms with van der Waals surface area (Å²) in [4.78, 5) is 11.7. The van der Waals surface area contributed by atoms with Crippen molar-refractivity contribution >= 4 is 5.91 Å². The molecule has 0 saturated carbocycles. The van der Waals surface area contributed by atoms with Crippen LogP contribution in [0.15, 0.2) is 18.2 Å². The third-order valence-electron chi connectivity index (χ3n) is 3.23. The molecule has 110 valence electrons. The Balaban J connectivity index is 1.66. The van der Waals surface area contributed by atoms with Gasteiger partial charge in [0.1, 0.15) is 0 Å². The molecule has 2 rings (SSSR count). The van der Waals surface area contributed by atoms with Gasteiger partial charge >= 0.3 is 0 Å². The Morgan fingerprint density at radius 2 is 2.05 bits per heavy atom. The second kappa shape index (κ2) is 7.75. The van der Waals surface area contributed by atoms with Crippen LogP contribution in [0.1, 0.15) is 31.2 Å². The minimum absolute atomic E-state index is 0.0617. The number of hydrogen-bond acceptors (Lipinski definition) is 4. The Kier molecular flexibility index (Phi) is 5.68. The summed E-state index contributed by atoms with van der Waals surface area (Å²) in [5.74, 6) is 1.58. The normalized spacial score (nSPS) is 12.4. The highest BCUT2D eigenvalue weighted by molar-refractivity contribution is 5.76. The van der Waals surface area contributed by atoms with Gasteiger partial charge in [0.25, 0.3) is 0 Å². The maximum absolute atomic E-state index is 11.7. The highest BCUT2D eigenvalue weighted by atomic mass is 16.7. The lowest BCUT2D eigenvalue weighted by Crippen LogP contribution is -2.24. The molecule has 5 heteroatoms. The van der Waals surface area contributed by atoms with Crippen molar-refractivity contribution in [2.45, 2.75) is 32.1 Å². The Labute approximate surface area is 118 Å². The van der Waals surface area contributed by atoms with E-state index in [4.69, 9.17) is 14.6 Å². The molecule has 1 amide bonds. The van der Waals surface area contributed by atoms with Crippen molar-refractivity contribution in [1.29, 1.82) is 0 Å². The van der Waals surface area contributed by atoms with E-state index < -0.39 is 0 Å². The summed E-state index contributed by atoms with van der Waals surface area (Å²) in [5, 5.41) is 11.5. The molecule has 5 nitrogen and oxygen atoms in total. The van der Waals surface area contributed by atoms with Crippen molar-refractivity contribution in [1.82, 2.24) is 5.32 Å². The van der Waals surface area contributed by atoms with Crippen LogP contribution >= 0.6 is 0 Å². The van der Waals surface area contributed by atoms with Gasteiger partial charge in [-0.2, -0.15) is 0 Å². The minimum atomic E-state index is 0.0617. The van der Waals surface area contributed by atoms with Crippen LogP contribution in [0.5, 0.6) is 11.5 Å². The van der Waals surface area contributed by atoms with E-state index in [1.807, 2.05) is 18.2 Å². The maximum atomic E-state index is 11.7. The Morgan fingerprint density at radius 1 is 1.20 bits per heavy atom. The number of amides is 1. The predicted molar refractivity (Wildman–Crippen MR) is 74.8 cm³/mol. The summed E-state index contributed by atoms with van der Waals surface area (Å²) in [6.45, 7) is 1.17. The monoisotopic (exact) mass is 279 g/mol. The number of ether oxygens (including phenoxy) is 2. The average Bonchev–Trinajstić information content (AvgIpc) is 2.92.